The van der Waals surface area contributed by atoms with E-state index in [1.54, 1.807) is 0 Å². The molecule has 1 N–H and O–H groups in total. The van der Waals surface area contributed by atoms with Crippen molar-refractivity contribution in [3.8, 4) is 0 Å². The van der Waals surface area contributed by atoms with Gasteiger partial charge in [-0.2, -0.15) is 0 Å². The van der Waals surface area contributed by atoms with E-state index in [2.05, 4.69) is 50.5 Å². The fraction of sp³-hybridized carbons (Fsp3) is 0.647. The Kier molecular flexibility index (Phi) is 5.41. The zero-order valence-electron chi connectivity index (χ0n) is 12.5. The van der Waals surface area contributed by atoms with Crippen LogP contribution in [0.5, 0.6) is 0 Å². The lowest BCUT2D eigenvalue weighted by Crippen LogP contribution is -2.39. The van der Waals surface area contributed by atoms with Crippen LogP contribution in [0.3, 0.4) is 0 Å². The van der Waals surface area contributed by atoms with Crippen LogP contribution in [0.1, 0.15) is 37.8 Å². The standard InChI is InChI=1S/C17H27NO/c1-4-13-6-8-14(9-7-13)12-16(18-3)15-10-11-19-17(15)5-2/h6-9,15-18H,4-5,10-12H2,1-3H3. The van der Waals surface area contributed by atoms with Gasteiger partial charge < -0.3 is 10.1 Å². The third-order valence-electron chi connectivity index (χ3n) is 4.44. The highest BCUT2D eigenvalue weighted by atomic mass is 16.5. The summed E-state index contributed by atoms with van der Waals surface area (Å²) in [5.74, 6) is 0.654. The van der Waals surface area contributed by atoms with E-state index in [4.69, 9.17) is 4.74 Å². The van der Waals surface area contributed by atoms with Crippen LogP contribution in [0.2, 0.25) is 0 Å². The van der Waals surface area contributed by atoms with Gasteiger partial charge in [0.25, 0.3) is 0 Å². The van der Waals surface area contributed by atoms with E-state index in [0.717, 1.165) is 25.9 Å². The Morgan fingerprint density at radius 1 is 1.21 bits per heavy atom. The molecular formula is C17H27NO. The molecule has 2 rings (SSSR count). The second-order valence-electron chi connectivity index (χ2n) is 5.54. The van der Waals surface area contributed by atoms with Gasteiger partial charge in [0.15, 0.2) is 0 Å². The van der Waals surface area contributed by atoms with Crippen LogP contribution in [0.25, 0.3) is 0 Å². The molecule has 1 heterocycles. The number of likely N-dealkylation sites (N-methyl/N-ethyl adjacent to an activating group) is 1. The van der Waals surface area contributed by atoms with Crippen molar-refractivity contribution in [2.45, 2.75) is 51.7 Å². The van der Waals surface area contributed by atoms with Crippen LogP contribution in [0, 0.1) is 5.92 Å². The fourth-order valence-electron chi connectivity index (χ4n) is 3.18. The van der Waals surface area contributed by atoms with E-state index in [-0.39, 0.29) is 0 Å². The predicted molar refractivity (Wildman–Crippen MR) is 80.5 cm³/mol. The molecular weight excluding hydrogens is 234 g/mol. The lowest BCUT2D eigenvalue weighted by molar-refractivity contribution is 0.0783. The minimum atomic E-state index is 0.437. The fourth-order valence-corrected chi connectivity index (χ4v) is 3.18. The number of aryl methyl sites for hydroxylation is 1. The Bertz CT molecular complexity index is 373. The van der Waals surface area contributed by atoms with Crippen LogP contribution in [-0.4, -0.2) is 25.8 Å². The van der Waals surface area contributed by atoms with Crippen molar-refractivity contribution < 1.29 is 4.74 Å². The minimum Gasteiger partial charge on any atom is -0.378 e. The third kappa shape index (κ3) is 3.58. The van der Waals surface area contributed by atoms with Gasteiger partial charge in [0.1, 0.15) is 0 Å². The molecule has 3 atom stereocenters. The molecule has 106 valence electrons. The predicted octanol–water partition coefficient (Wildman–Crippen LogP) is 3.19. The van der Waals surface area contributed by atoms with Gasteiger partial charge in [-0.05, 0) is 43.9 Å². The Hall–Kier alpha value is -0.860. The van der Waals surface area contributed by atoms with Gasteiger partial charge in [-0.3, -0.25) is 0 Å². The summed E-state index contributed by atoms with van der Waals surface area (Å²) in [6, 6.07) is 9.59. The molecule has 2 nitrogen and oxygen atoms in total. The summed E-state index contributed by atoms with van der Waals surface area (Å²) in [4.78, 5) is 0. The van der Waals surface area contributed by atoms with Crippen molar-refractivity contribution in [3.63, 3.8) is 0 Å². The molecule has 0 amide bonds. The molecule has 0 aromatic heterocycles. The average Bonchev–Trinajstić information content (AvgIpc) is 2.93. The maximum atomic E-state index is 5.83. The topological polar surface area (TPSA) is 21.3 Å². The van der Waals surface area contributed by atoms with Crippen molar-refractivity contribution in [1.29, 1.82) is 0 Å². The van der Waals surface area contributed by atoms with Gasteiger partial charge in [-0.15, -0.1) is 0 Å². The van der Waals surface area contributed by atoms with Gasteiger partial charge in [0.2, 0.25) is 0 Å². The summed E-state index contributed by atoms with van der Waals surface area (Å²) in [5, 5.41) is 3.51. The first-order chi connectivity index (χ1) is 9.28. The highest BCUT2D eigenvalue weighted by molar-refractivity contribution is 5.23. The molecule has 1 aromatic rings. The molecule has 19 heavy (non-hydrogen) atoms. The molecule has 3 unspecified atom stereocenters. The molecule has 1 aliphatic heterocycles. The zero-order chi connectivity index (χ0) is 13.7. The summed E-state index contributed by atoms with van der Waals surface area (Å²) >= 11 is 0. The molecule has 0 spiro atoms. The van der Waals surface area contributed by atoms with E-state index in [9.17, 15) is 0 Å². The monoisotopic (exact) mass is 261 g/mol. The summed E-state index contributed by atoms with van der Waals surface area (Å²) < 4.78 is 5.83. The van der Waals surface area contributed by atoms with Crippen molar-refractivity contribution >= 4 is 0 Å². The van der Waals surface area contributed by atoms with E-state index in [0.29, 0.717) is 18.1 Å². The van der Waals surface area contributed by atoms with Crippen molar-refractivity contribution in [2.24, 2.45) is 5.92 Å². The van der Waals surface area contributed by atoms with Gasteiger partial charge in [0, 0.05) is 18.6 Å². The van der Waals surface area contributed by atoms with Gasteiger partial charge >= 0.3 is 0 Å². The van der Waals surface area contributed by atoms with Crippen LogP contribution >= 0.6 is 0 Å². The van der Waals surface area contributed by atoms with Crippen LogP contribution in [0.15, 0.2) is 24.3 Å². The maximum Gasteiger partial charge on any atom is 0.0616 e. The highest BCUT2D eigenvalue weighted by Crippen LogP contribution is 2.28. The lowest BCUT2D eigenvalue weighted by atomic mass is 9.87. The van der Waals surface area contributed by atoms with Crippen molar-refractivity contribution in [3.05, 3.63) is 35.4 Å². The summed E-state index contributed by atoms with van der Waals surface area (Å²) in [6.45, 7) is 5.36. The minimum absolute atomic E-state index is 0.437. The number of nitrogens with one attached hydrogen (secondary N) is 1. The number of ether oxygens (including phenoxy) is 1. The Morgan fingerprint density at radius 3 is 2.47 bits per heavy atom. The highest BCUT2D eigenvalue weighted by Gasteiger charge is 2.32. The first kappa shape index (κ1) is 14.5. The molecule has 1 aliphatic rings. The Labute approximate surface area is 117 Å². The quantitative estimate of drug-likeness (QED) is 0.849. The number of benzene rings is 1. The van der Waals surface area contributed by atoms with Crippen LogP contribution in [0.4, 0.5) is 0 Å². The molecule has 0 saturated carbocycles. The maximum absolute atomic E-state index is 5.83. The SMILES string of the molecule is CCc1ccc(CC(NC)C2CCOC2CC)cc1. The molecule has 0 radical (unpaired) electrons. The first-order valence-corrected chi connectivity index (χ1v) is 7.65. The molecule has 1 saturated heterocycles. The molecule has 2 heteroatoms. The zero-order valence-corrected chi connectivity index (χ0v) is 12.5. The second-order valence-corrected chi connectivity index (χ2v) is 5.54. The lowest BCUT2D eigenvalue weighted by Gasteiger charge is -2.27. The summed E-state index contributed by atoms with van der Waals surface area (Å²) in [7, 11) is 2.08. The summed E-state index contributed by atoms with van der Waals surface area (Å²) in [6.07, 6.45) is 4.97. The van der Waals surface area contributed by atoms with Gasteiger partial charge in [-0.25, -0.2) is 0 Å². The average molecular weight is 261 g/mol. The van der Waals surface area contributed by atoms with E-state index < -0.39 is 0 Å². The first-order valence-electron chi connectivity index (χ1n) is 7.65. The third-order valence-corrected chi connectivity index (χ3v) is 4.44. The molecule has 0 bridgehead atoms. The van der Waals surface area contributed by atoms with Gasteiger partial charge in [0.05, 0.1) is 6.10 Å². The van der Waals surface area contributed by atoms with E-state index >= 15 is 0 Å². The van der Waals surface area contributed by atoms with E-state index in [1.807, 2.05) is 0 Å². The number of hydrogen-bond donors (Lipinski definition) is 1. The smallest absolute Gasteiger partial charge is 0.0616 e. The van der Waals surface area contributed by atoms with Gasteiger partial charge in [-0.1, -0.05) is 38.1 Å². The van der Waals surface area contributed by atoms with Crippen molar-refractivity contribution in [1.82, 2.24) is 5.32 Å². The largest absolute Gasteiger partial charge is 0.378 e. The number of rotatable bonds is 6. The number of hydrogen-bond acceptors (Lipinski definition) is 2. The second kappa shape index (κ2) is 7.06. The van der Waals surface area contributed by atoms with Crippen LogP contribution < -0.4 is 5.32 Å². The molecule has 1 fully saturated rings. The normalized spacial score (nSPS) is 24.6. The Morgan fingerprint density at radius 2 is 1.89 bits per heavy atom. The Balaban J connectivity index is 2.01. The molecule has 0 aliphatic carbocycles. The van der Waals surface area contributed by atoms with E-state index in [1.165, 1.54) is 17.5 Å². The van der Waals surface area contributed by atoms with Crippen molar-refractivity contribution in [2.75, 3.05) is 13.7 Å². The van der Waals surface area contributed by atoms with Crippen LogP contribution in [-0.2, 0) is 17.6 Å². The molecule has 1 aromatic carbocycles. The summed E-state index contributed by atoms with van der Waals surface area (Å²) in [5.41, 5.74) is 2.85.